The highest BCUT2D eigenvalue weighted by atomic mass is 79.9. The lowest BCUT2D eigenvalue weighted by atomic mass is 10.2. The largest absolute Gasteiger partial charge is 0.280 e. The smallest absolute Gasteiger partial charge is 0.247 e. The number of halogens is 4. The number of pyridine rings is 1. The van der Waals surface area contributed by atoms with Gasteiger partial charge in [-0.1, -0.05) is 15.9 Å². The number of hydrogen-bond donors (Lipinski definition) is 0. The van der Waals surface area contributed by atoms with Crippen LogP contribution in [-0.4, -0.2) is 4.98 Å². The van der Waals surface area contributed by atoms with Crippen molar-refractivity contribution in [3.8, 4) is 0 Å². The van der Waals surface area contributed by atoms with Crippen LogP contribution in [0, 0.1) is 5.82 Å². The fourth-order valence-electron chi connectivity index (χ4n) is 1.29. The molecular formula is C10H5BrF3N. The molecule has 1 aromatic heterocycles. The van der Waals surface area contributed by atoms with Crippen molar-refractivity contribution in [1.29, 1.82) is 0 Å². The minimum absolute atomic E-state index is 0.319. The fourth-order valence-corrected chi connectivity index (χ4v) is 1.84. The number of aromatic nitrogens is 1. The molecule has 1 aromatic carbocycles. The molecular weight excluding hydrogens is 271 g/mol. The lowest BCUT2D eigenvalue weighted by molar-refractivity contribution is 0.146. The summed E-state index contributed by atoms with van der Waals surface area (Å²) in [6.45, 7) is 0. The van der Waals surface area contributed by atoms with Crippen LogP contribution in [0.25, 0.3) is 10.9 Å². The molecule has 0 N–H and O–H groups in total. The number of fused-ring (bicyclic) bond motifs is 1. The first kappa shape index (κ1) is 10.4. The Morgan fingerprint density at radius 3 is 2.60 bits per heavy atom. The van der Waals surface area contributed by atoms with E-state index in [-0.39, 0.29) is 5.69 Å². The third kappa shape index (κ3) is 1.97. The van der Waals surface area contributed by atoms with Gasteiger partial charge in [-0.2, -0.15) is 0 Å². The predicted octanol–water partition coefficient (Wildman–Crippen LogP) is 4.07. The highest BCUT2D eigenvalue weighted by Gasteiger charge is 2.12. The molecule has 0 saturated heterocycles. The molecule has 0 aliphatic carbocycles. The molecule has 2 aromatic rings. The van der Waals surface area contributed by atoms with Gasteiger partial charge in [-0.05, 0) is 24.3 Å². The third-order valence-corrected chi connectivity index (χ3v) is 2.62. The molecule has 78 valence electrons. The van der Waals surface area contributed by atoms with Crippen LogP contribution in [0.3, 0.4) is 0 Å². The van der Waals surface area contributed by atoms with Gasteiger partial charge in [0.1, 0.15) is 11.5 Å². The van der Waals surface area contributed by atoms with Crippen molar-refractivity contribution in [1.82, 2.24) is 4.98 Å². The average molecular weight is 276 g/mol. The summed E-state index contributed by atoms with van der Waals surface area (Å²) in [6.07, 6.45) is -2.63. The molecule has 15 heavy (non-hydrogen) atoms. The Bertz CT molecular complexity index is 513. The Morgan fingerprint density at radius 1 is 1.20 bits per heavy atom. The maximum absolute atomic E-state index is 12.9. The van der Waals surface area contributed by atoms with E-state index >= 15 is 0 Å². The highest BCUT2D eigenvalue weighted by molar-refractivity contribution is 9.10. The normalized spacial score (nSPS) is 11.3. The van der Waals surface area contributed by atoms with E-state index in [1.54, 1.807) is 0 Å². The second-order valence-electron chi connectivity index (χ2n) is 2.99. The Kier molecular flexibility index (Phi) is 2.65. The number of alkyl halides is 2. The molecule has 2 rings (SSSR count). The first-order chi connectivity index (χ1) is 7.08. The first-order valence-corrected chi connectivity index (χ1v) is 4.91. The van der Waals surface area contributed by atoms with Crippen molar-refractivity contribution in [2.75, 3.05) is 0 Å². The summed E-state index contributed by atoms with van der Waals surface area (Å²) in [4.78, 5) is 3.73. The summed E-state index contributed by atoms with van der Waals surface area (Å²) in [5, 5.41) is 0.486. The van der Waals surface area contributed by atoms with Gasteiger partial charge in [-0.25, -0.2) is 18.2 Å². The Morgan fingerprint density at radius 2 is 1.93 bits per heavy atom. The van der Waals surface area contributed by atoms with Gasteiger partial charge in [0.2, 0.25) is 0 Å². The number of rotatable bonds is 1. The van der Waals surface area contributed by atoms with E-state index in [4.69, 9.17) is 0 Å². The zero-order valence-electron chi connectivity index (χ0n) is 7.35. The SMILES string of the molecule is Fc1ccc2nc(C(F)F)cc(Br)c2c1. The molecule has 1 nitrogen and oxygen atoms in total. The lowest BCUT2D eigenvalue weighted by Crippen LogP contribution is -1.92. The first-order valence-electron chi connectivity index (χ1n) is 4.12. The average Bonchev–Trinajstić information content (AvgIpc) is 2.18. The van der Waals surface area contributed by atoms with Crippen molar-refractivity contribution in [3.63, 3.8) is 0 Å². The van der Waals surface area contributed by atoms with E-state index in [2.05, 4.69) is 20.9 Å². The molecule has 5 heteroatoms. The van der Waals surface area contributed by atoms with Crippen LogP contribution in [0.15, 0.2) is 28.7 Å². The van der Waals surface area contributed by atoms with Crippen LogP contribution in [-0.2, 0) is 0 Å². The highest BCUT2D eigenvalue weighted by Crippen LogP contribution is 2.28. The minimum atomic E-state index is -2.63. The minimum Gasteiger partial charge on any atom is -0.247 e. The summed E-state index contributed by atoms with van der Waals surface area (Å²) < 4.78 is 38.1. The van der Waals surface area contributed by atoms with E-state index in [1.807, 2.05) is 0 Å². The standard InChI is InChI=1S/C10H5BrF3N/c11-7-4-9(10(13)14)15-8-2-1-5(12)3-6(7)8/h1-4,10H. The molecule has 0 bridgehead atoms. The van der Waals surface area contributed by atoms with Gasteiger partial charge in [0.05, 0.1) is 5.52 Å². The molecule has 0 atom stereocenters. The maximum atomic E-state index is 12.9. The van der Waals surface area contributed by atoms with Gasteiger partial charge >= 0.3 is 0 Å². The number of hydrogen-bond acceptors (Lipinski definition) is 1. The molecule has 0 amide bonds. The zero-order valence-corrected chi connectivity index (χ0v) is 8.93. The molecule has 1 heterocycles. The topological polar surface area (TPSA) is 12.9 Å². The van der Waals surface area contributed by atoms with Gasteiger partial charge < -0.3 is 0 Å². The van der Waals surface area contributed by atoms with Gasteiger partial charge in [0.15, 0.2) is 0 Å². The van der Waals surface area contributed by atoms with E-state index in [0.717, 1.165) is 0 Å². The van der Waals surface area contributed by atoms with Crippen LogP contribution >= 0.6 is 15.9 Å². The monoisotopic (exact) mass is 275 g/mol. The molecule has 0 aliphatic heterocycles. The van der Waals surface area contributed by atoms with Gasteiger partial charge in [-0.3, -0.25) is 0 Å². The Labute approximate surface area is 92.1 Å². The van der Waals surface area contributed by atoms with Crippen molar-refractivity contribution < 1.29 is 13.2 Å². The van der Waals surface area contributed by atoms with Crippen molar-refractivity contribution >= 4 is 26.8 Å². The van der Waals surface area contributed by atoms with Crippen molar-refractivity contribution in [2.45, 2.75) is 6.43 Å². The predicted molar refractivity (Wildman–Crippen MR) is 54.4 cm³/mol. The van der Waals surface area contributed by atoms with Crippen LogP contribution < -0.4 is 0 Å². The summed E-state index contributed by atoms with van der Waals surface area (Å²) in [5.74, 6) is -0.421. The molecule has 0 saturated carbocycles. The second kappa shape index (κ2) is 3.81. The fraction of sp³-hybridized carbons (Fsp3) is 0.100. The third-order valence-electron chi connectivity index (χ3n) is 1.96. The second-order valence-corrected chi connectivity index (χ2v) is 3.85. The summed E-state index contributed by atoms with van der Waals surface area (Å²) in [6, 6.07) is 5.02. The van der Waals surface area contributed by atoms with Gasteiger partial charge in [0, 0.05) is 9.86 Å². The Balaban J connectivity index is 2.73. The summed E-state index contributed by atoms with van der Waals surface area (Å²) >= 11 is 3.11. The molecule has 0 aliphatic rings. The van der Waals surface area contributed by atoms with Crippen LogP contribution in [0.2, 0.25) is 0 Å². The maximum Gasteiger partial charge on any atom is 0.280 e. The van der Waals surface area contributed by atoms with Gasteiger partial charge in [-0.15, -0.1) is 0 Å². The number of nitrogens with zero attached hydrogens (tertiary/aromatic N) is 1. The van der Waals surface area contributed by atoms with Crippen LogP contribution in [0.1, 0.15) is 12.1 Å². The van der Waals surface area contributed by atoms with E-state index < -0.39 is 12.2 Å². The molecule has 0 fully saturated rings. The van der Waals surface area contributed by atoms with E-state index in [9.17, 15) is 13.2 Å². The van der Waals surface area contributed by atoms with Crippen LogP contribution in [0.4, 0.5) is 13.2 Å². The van der Waals surface area contributed by atoms with Gasteiger partial charge in [0.25, 0.3) is 6.43 Å². The summed E-state index contributed by atoms with van der Waals surface area (Å²) in [7, 11) is 0. The molecule has 0 unspecified atom stereocenters. The Hall–Kier alpha value is -1.10. The van der Waals surface area contributed by atoms with Crippen molar-refractivity contribution in [3.05, 3.63) is 40.2 Å². The zero-order chi connectivity index (χ0) is 11.0. The van der Waals surface area contributed by atoms with E-state index in [1.165, 1.54) is 24.3 Å². The lowest BCUT2D eigenvalue weighted by Gasteiger charge is -2.04. The van der Waals surface area contributed by atoms with Crippen molar-refractivity contribution in [2.24, 2.45) is 0 Å². The number of benzene rings is 1. The molecule has 0 spiro atoms. The van der Waals surface area contributed by atoms with E-state index in [0.29, 0.717) is 15.4 Å². The van der Waals surface area contributed by atoms with Crippen LogP contribution in [0.5, 0.6) is 0 Å². The molecule has 0 radical (unpaired) electrons. The quantitative estimate of drug-likeness (QED) is 0.765. The summed E-state index contributed by atoms with van der Waals surface area (Å²) in [5.41, 5.74) is 0.0297.